The van der Waals surface area contributed by atoms with Crippen LogP contribution >= 0.6 is 12.2 Å². The quantitative estimate of drug-likeness (QED) is 0.450. The summed E-state index contributed by atoms with van der Waals surface area (Å²) in [6.45, 7) is 5.13. The zero-order valence-electron chi connectivity index (χ0n) is 10.8. The lowest BCUT2D eigenvalue weighted by Gasteiger charge is -2.25. The van der Waals surface area contributed by atoms with E-state index in [0.29, 0.717) is 24.3 Å². The third kappa shape index (κ3) is 5.91. The third-order valence-electron chi connectivity index (χ3n) is 2.79. The van der Waals surface area contributed by atoms with Gasteiger partial charge in [-0.2, -0.15) is 0 Å². The Morgan fingerprint density at radius 3 is 2.41 bits per heavy atom. The highest BCUT2D eigenvalue weighted by molar-refractivity contribution is 7.80. The molecule has 0 saturated heterocycles. The van der Waals surface area contributed by atoms with Crippen LogP contribution in [0.25, 0.3) is 0 Å². The monoisotopic (exact) mass is 257 g/mol. The molecular formula is C13H23NO2S. The minimum absolute atomic E-state index is 0.485. The van der Waals surface area contributed by atoms with Crippen molar-refractivity contribution in [3.63, 3.8) is 0 Å². The molecule has 0 atom stereocenters. The van der Waals surface area contributed by atoms with Crippen LogP contribution in [-0.4, -0.2) is 24.3 Å². The van der Waals surface area contributed by atoms with Gasteiger partial charge in [-0.05, 0) is 38.9 Å². The molecule has 0 aromatic heterocycles. The van der Waals surface area contributed by atoms with Crippen molar-refractivity contribution < 1.29 is 9.47 Å². The molecular weight excluding hydrogens is 234 g/mol. The summed E-state index contributed by atoms with van der Waals surface area (Å²) in [4.78, 5) is 0. The summed E-state index contributed by atoms with van der Waals surface area (Å²) in [5.74, 6) is 0.748. The van der Waals surface area contributed by atoms with Crippen molar-refractivity contribution in [3.05, 3.63) is 12.0 Å². The average Bonchev–Trinajstić information content (AvgIpc) is 2.31. The van der Waals surface area contributed by atoms with Gasteiger partial charge in [-0.3, -0.25) is 0 Å². The molecule has 98 valence electrons. The van der Waals surface area contributed by atoms with Crippen molar-refractivity contribution in [1.82, 2.24) is 5.32 Å². The number of thiocarbonyl (C=S) groups is 1. The maximum Gasteiger partial charge on any atom is 0.191 e. The normalized spacial score (nSPS) is 17.6. The van der Waals surface area contributed by atoms with Crippen LogP contribution in [0.3, 0.4) is 0 Å². The first-order valence-corrected chi connectivity index (χ1v) is 6.94. The standard InChI is InChI=1S/C13H23NO2S/c1-3-15-12(10-13(17)16-4-2)14-11-8-6-5-7-9-11/h10-11,14H,3-9H2,1-2H3/b12-10+. The second-order valence-corrected chi connectivity index (χ2v) is 4.58. The van der Waals surface area contributed by atoms with E-state index in [1.807, 2.05) is 13.8 Å². The van der Waals surface area contributed by atoms with E-state index in [9.17, 15) is 0 Å². The lowest BCUT2D eigenvalue weighted by molar-refractivity contribution is 0.189. The van der Waals surface area contributed by atoms with Gasteiger partial charge in [0.15, 0.2) is 10.9 Å². The molecule has 0 aromatic carbocycles. The summed E-state index contributed by atoms with van der Waals surface area (Å²) >= 11 is 5.09. The fourth-order valence-corrected chi connectivity index (χ4v) is 2.24. The molecule has 4 heteroatoms. The van der Waals surface area contributed by atoms with Gasteiger partial charge in [-0.1, -0.05) is 19.3 Å². The second kappa shape index (κ2) is 8.34. The van der Waals surface area contributed by atoms with Gasteiger partial charge in [0.25, 0.3) is 0 Å². The molecule has 1 saturated carbocycles. The fraction of sp³-hybridized carbons (Fsp3) is 0.769. The number of hydrogen-bond acceptors (Lipinski definition) is 4. The lowest BCUT2D eigenvalue weighted by atomic mass is 9.96. The molecule has 0 bridgehead atoms. The van der Waals surface area contributed by atoms with E-state index in [-0.39, 0.29) is 0 Å². The Kier molecular flexibility index (Phi) is 7.01. The zero-order valence-corrected chi connectivity index (χ0v) is 11.6. The Morgan fingerprint density at radius 1 is 1.18 bits per heavy atom. The number of nitrogens with one attached hydrogen (secondary N) is 1. The van der Waals surface area contributed by atoms with Crippen LogP contribution in [0.15, 0.2) is 12.0 Å². The molecule has 1 N–H and O–H groups in total. The van der Waals surface area contributed by atoms with E-state index in [1.54, 1.807) is 6.08 Å². The number of ether oxygens (including phenoxy) is 2. The van der Waals surface area contributed by atoms with Crippen LogP contribution in [0, 0.1) is 0 Å². The maximum atomic E-state index is 5.54. The largest absolute Gasteiger partial charge is 0.483 e. The van der Waals surface area contributed by atoms with E-state index in [0.717, 1.165) is 5.88 Å². The van der Waals surface area contributed by atoms with Gasteiger partial charge in [0.2, 0.25) is 0 Å². The van der Waals surface area contributed by atoms with Crippen LogP contribution in [0.5, 0.6) is 0 Å². The molecule has 0 radical (unpaired) electrons. The van der Waals surface area contributed by atoms with E-state index in [1.165, 1.54) is 32.1 Å². The Hall–Kier alpha value is -0.770. The van der Waals surface area contributed by atoms with Crippen LogP contribution < -0.4 is 5.32 Å². The van der Waals surface area contributed by atoms with Gasteiger partial charge >= 0.3 is 0 Å². The maximum absolute atomic E-state index is 5.54. The molecule has 0 heterocycles. The molecule has 0 amide bonds. The first-order valence-electron chi connectivity index (χ1n) is 6.54. The zero-order chi connectivity index (χ0) is 12.5. The highest BCUT2D eigenvalue weighted by atomic mass is 32.1. The van der Waals surface area contributed by atoms with E-state index < -0.39 is 0 Å². The minimum atomic E-state index is 0.485. The van der Waals surface area contributed by atoms with Crippen molar-refractivity contribution >= 4 is 17.3 Å². The van der Waals surface area contributed by atoms with Gasteiger partial charge in [-0.25, -0.2) is 0 Å². The van der Waals surface area contributed by atoms with Crippen LogP contribution in [-0.2, 0) is 9.47 Å². The Labute approximate surface area is 110 Å². The smallest absolute Gasteiger partial charge is 0.191 e. The third-order valence-corrected chi connectivity index (χ3v) is 3.02. The summed E-state index contributed by atoms with van der Waals surface area (Å²) in [5, 5.41) is 3.90. The highest BCUT2D eigenvalue weighted by Crippen LogP contribution is 2.18. The first kappa shape index (κ1) is 14.3. The average molecular weight is 257 g/mol. The second-order valence-electron chi connectivity index (χ2n) is 4.17. The van der Waals surface area contributed by atoms with Crippen molar-refractivity contribution in [2.45, 2.75) is 52.0 Å². The molecule has 17 heavy (non-hydrogen) atoms. The molecule has 1 aliphatic carbocycles. The van der Waals surface area contributed by atoms with E-state index in [4.69, 9.17) is 21.7 Å². The molecule has 0 spiro atoms. The molecule has 0 aromatic rings. The van der Waals surface area contributed by atoms with E-state index >= 15 is 0 Å². The minimum Gasteiger partial charge on any atom is -0.483 e. The van der Waals surface area contributed by atoms with Crippen molar-refractivity contribution in [2.75, 3.05) is 13.2 Å². The van der Waals surface area contributed by atoms with Crippen LogP contribution in [0.4, 0.5) is 0 Å². The molecule has 1 aliphatic rings. The predicted octanol–water partition coefficient (Wildman–Crippen LogP) is 3.15. The summed E-state index contributed by atoms with van der Waals surface area (Å²) < 4.78 is 10.8. The predicted molar refractivity (Wildman–Crippen MR) is 73.9 cm³/mol. The van der Waals surface area contributed by atoms with Gasteiger partial charge in [0.05, 0.1) is 19.3 Å². The van der Waals surface area contributed by atoms with Crippen molar-refractivity contribution in [3.8, 4) is 0 Å². The Bertz CT molecular complexity index is 260. The van der Waals surface area contributed by atoms with Crippen molar-refractivity contribution in [2.24, 2.45) is 0 Å². The van der Waals surface area contributed by atoms with Crippen molar-refractivity contribution in [1.29, 1.82) is 0 Å². The number of rotatable bonds is 6. The van der Waals surface area contributed by atoms with E-state index in [2.05, 4.69) is 5.32 Å². The van der Waals surface area contributed by atoms with Gasteiger partial charge in [0.1, 0.15) is 0 Å². The summed E-state index contributed by atoms with van der Waals surface area (Å²) in [6, 6.07) is 0.519. The van der Waals surface area contributed by atoms with Gasteiger partial charge in [-0.15, -0.1) is 0 Å². The Balaban J connectivity index is 2.48. The first-order chi connectivity index (χ1) is 8.26. The van der Waals surface area contributed by atoms with Crippen LogP contribution in [0.1, 0.15) is 46.0 Å². The number of hydrogen-bond donors (Lipinski definition) is 1. The highest BCUT2D eigenvalue weighted by Gasteiger charge is 2.14. The molecule has 0 aliphatic heterocycles. The van der Waals surface area contributed by atoms with Gasteiger partial charge < -0.3 is 14.8 Å². The van der Waals surface area contributed by atoms with Gasteiger partial charge in [0, 0.05) is 6.04 Å². The van der Waals surface area contributed by atoms with Crippen LogP contribution in [0.2, 0.25) is 0 Å². The Morgan fingerprint density at radius 2 is 1.82 bits per heavy atom. The summed E-state index contributed by atoms with van der Waals surface area (Å²) in [7, 11) is 0. The molecule has 1 fully saturated rings. The summed E-state index contributed by atoms with van der Waals surface area (Å²) in [5.41, 5.74) is 0. The fourth-order valence-electron chi connectivity index (χ4n) is 2.02. The SMILES string of the molecule is CCOC(=S)/C=C(\NC1CCCCC1)OCC. The lowest BCUT2D eigenvalue weighted by Crippen LogP contribution is -2.31. The molecule has 1 rings (SSSR count). The molecule has 0 unspecified atom stereocenters. The molecule has 3 nitrogen and oxygen atoms in total. The summed E-state index contributed by atoms with van der Waals surface area (Å²) in [6.07, 6.45) is 8.15. The topological polar surface area (TPSA) is 30.5 Å².